The van der Waals surface area contributed by atoms with Gasteiger partial charge in [-0.1, -0.05) is 29.8 Å². The third-order valence-electron chi connectivity index (χ3n) is 3.49. The lowest BCUT2D eigenvalue weighted by Crippen LogP contribution is -2.40. The second kappa shape index (κ2) is 5.32. The fourth-order valence-electron chi connectivity index (χ4n) is 2.47. The molecule has 0 aliphatic carbocycles. The molecule has 0 saturated carbocycles. The van der Waals surface area contributed by atoms with Gasteiger partial charge in [0, 0.05) is 6.54 Å². The van der Waals surface area contributed by atoms with Crippen molar-refractivity contribution in [1.29, 1.82) is 0 Å². The number of ether oxygens (including phenoxy) is 1. The van der Waals surface area contributed by atoms with E-state index >= 15 is 0 Å². The number of hydrogen-bond donors (Lipinski definition) is 1. The number of hydrogen-bond acceptors (Lipinski definition) is 3. The molecule has 92 valence electrons. The minimum atomic E-state index is -0.109. The van der Waals surface area contributed by atoms with Gasteiger partial charge in [0.25, 0.3) is 0 Å². The van der Waals surface area contributed by atoms with Crippen LogP contribution >= 0.6 is 0 Å². The zero-order chi connectivity index (χ0) is 12.3. The first-order valence-corrected chi connectivity index (χ1v) is 6.07. The zero-order valence-electron chi connectivity index (χ0n) is 10.4. The Morgan fingerprint density at radius 2 is 2.06 bits per heavy atom. The van der Waals surface area contributed by atoms with Gasteiger partial charge >= 0.3 is 5.97 Å². The van der Waals surface area contributed by atoms with Crippen LogP contribution in [-0.4, -0.2) is 26.2 Å². The number of piperidine rings is 1. The summed E-state index contributed by atoms with van der Waals surface area (Å²) in [7, 11) is 1.46. The maximum atomic E-state index is 11.8. The summed E-state index contributed by atoms with van der Waals surface area (Å²) in [6.07, 6.45) is 0.989. The summed E-state index contributed by atoms with van der Waals surface area (Å²) in [5, 5.41) is 3.26. The van der Waals surface area contributed by atoms with E-state index in [9.17, 15) is 4.79 Å². The number of esters is 1. The lowest BCUT2D eigenvalue weighted by atomic mass is 9.81. The molecule has 0 aromatic heterocycles. The highest BCUT2D eigenvalue weighted by molar-refractivity contribution is 5.74. The van der Waals surface area contributed by atoms with Crippen LogP contribution in [-0.2, 0) is 9.53 Å². The SMILES string of the molecule is COC(=O)[C@H]1CNCC[C@H]1c1ccc(C)cc1. The van der Waals surface area contributed by atoms with Crippen molar-refractivity contribution in [3.05, 3.63) is 35.4 Å². The smallest absolute Gasteiger partial charge is 0.310 e. The third kappa shape index (κ3) is 2.67. The molecule has 1 aliphatic heterocycles. The van der Waals surface area contributed by atoms with Crippen molar-refractivity contribution in [1.82, 2.24) is 5.32 Å². The topological polar surface area (TPSA) is 38.3 Å². The minimum absolute atomic E-state index is 0.0588. The molecule has 1 aromatic rings. The van der Waals surface area contributed by atoms with Gasteiger partial charge < -0.3 is 10.1 Å². The quantitative estimate of drug-likeness (QED) is 0.792. The van der Waals surface area contributed by atoms with Gasteiger partial charge in [-0.3, -0.25) is 4.79 Å². The molecule has 1 aromatic carbocycles. The van der Waals surface area contributed by atoms with Gasteiger partial charge in [0.2, 0.25) is 0 Å². The van der Waals surface area contributed by atoms with Crippen LogP contribution in [0.5, 0.6) is 0 Å². The fourth-order valence-corrected chi connectivity index (χ4v) is 2.47. The lowest BCUT2D eigenvalue weighted by Gasteiger charge is -2.30. The Balaban J connectivity index is 2.21. The van der Waals surface area contributed by atoms with Gasteiger partial charge in [0.1, 0.15) is 0 Å². The van der Waals surface area contributed by atoms with E-state index in [4.69, 9.17) is 4.74 Å². The molecule has 3 nitrogen and oxygen atoms in total. The monoisotopic (exact) mass is 233 g/mol. The molecule has 2 atom stereocenters. The molecule has 2 rings (SSSR count). The summed E-state index contributed by atoms with van der Waals surface area (Å²) in [5.74, 6) is 0.114. The summed E-state index contributed by atoms with van der Waals surface area (Å²) in [5.41, 5.74) is 2.49. The number of methoxy groups -OCH3 is 1. The first-order chi connectivity index (χ1) is 8.22. The molecular weight excluding hydrogens is 214 g/mol. The van der Waals surface area contributed by atoms with Gasteiger partial charge in [-0.05, 0) is 31.4 Å². The van der Waals surface area contributed by atoms with E-state index in [1.807, 2.05) is 0 Å². The van der Waals surface area contributed by atoms with Gasteiger partial charge in [0.15, 0.2) is 0 Å². The number of benzene rings is 1. The summed E-state index contributed by atoms with van der Waals surface area (Å²) < 4.78 is 4.89. The number of carbonyl (C=O) groups is 1. The van der Waals surface area contributed by atoms with Gasteiger partial charge in [-0.15, -0.1) is 0 Å². The molecule has 1 fully saturated rings. The van der Waals surface area contributed by atoms with E-state index in [-0.39, 0.29) is 17.8 Å². The molecular formula is C14H19NO2. The lowest BCUT2D eigenvalue weighted by molar-refractivity contribution is -0.146. The largest absolute Gasteiger partial charge is 0.469 e. The highest BCUT2D eigenvalue weighted by Gasteiger charge is 2.32. The molecule has 1 N–H and O–H groups in total. The minimum Gasteiger partial charge on any atom is -0.469 e. The maximum absolute atomic E-state index is 11.8. The predicted molar refractivity (Wildman–Crippen MR) is 66.9 cm³/mol. The van der Waals surface area contributed by atoms with E-state index in [0.717, 1.165) is 13.0 Å². The third-order valence-corrected chi connectivity index (χ3v) is 3.49. The van der Waals surface area contributed by atoms with Crippen LogP contribution in [0.1, 0.15) is 23.5 Å². The second-order valence-corrected chi connectivity index (χ2v) is 4.64. The van der Waals surface area contributed by atoms with Crippen LogP contribution in [0.15, 0.2) is 24.3 Å². The average Bonchev–Trinajstić information content (AvgIpc) is 2.39. The number of carbonyl (C=O) groups excluding carboxylic acids is 1. The summed E-state index contributed by atoms with van der Waals surface area (Å²) in [6.45, 7) is 3.75. The van der Waals surface area contributed by atoms with Crippen molar-refractivity contribution in [2.75, 3.05) is 20.2 Å². The first-order valence-electron chi connectivity index (χ1n) is 6.07. The summed E-state index contributed by atoms with van der Waals surface area (Å²) in [6, 6.07) is 8.46. The van der Waals surface area contributed by atoms with Crippen LogP contribution in [0.25, 0.3) is 0 Å². The summed E-state index contributed by atoms with van der Waals surface area (Å²) >= 11 is 0. The van der Waals surface area contributed by atoms with Crippen LogP contribution in [0.3, 0.4) is 0 Å². The van der Waals surface area contributed by atoms with Crippen molar-refractivity contribution < 1.29 is 9.53 Å². The van der Waals surface area contributed by atoms with Crippen molar-refractivity contribution in [3.8, 4) is 0 Å². The van der Waals surface area contributed by atoms with Crippen molar-refractivity contribution >= 4 is 5.97 Å². The van der Waals surface area contributed by atoms with Gasteiger partial charge in [-0.2, -0.15) is 0 Å². The van der Waals surface area contributed by atoms with Gasteiger partial charge in [0.05, 0.1) is 13.0 Å². The molecule has 1 heterocycles. The molecule has 0 amide bonds. The van der Waals surface area contributed by atoms with E-state index in [0.29, 0.717) is 6.54 Å². The second-order valence-electron chi connectivity index (χ2n) is 4.64. The molecule has 0 spiro atoms. The standard InChI is InChI=1S/C14H19NO2/c1-10-3-5-11(6-4-10)12-7-8-15-9-13(12)14(16)17-2/h3-6,12-13,15H,7-9H2,1-2H3/t12-,13-/m0/s1. The zero-order valence-corrected chi connectivity index (χ0v) is 10.4. The van der Waals surface area contributed by atoms with E-state index in [1.165, 1.54) is 18.2 Å². The molecule has 17 heavy (non-hydrogen) atoms. The molecule has 1 saturated heterocycles. The normalized spacial score (nSPS) is 24.4. The maximum Gasteiger partial charge on any atom is 0.310 e. The highest BCUT2D eigenvalue weighted by atomic mass is 16.5. The van der Waals surface area contributed by atoms with Gasteiger partial charge in [-0.25, -0.2) is 0 Å². The van der Waals surface area contributed by atoms with Crippen LogP contribution in [0, 0.1) is 12.8 Å². The van der Waals surface area contributed by atoms with Crippen LogP contribution < -0.4 is 5.32 Å². The molecule has 0 bridgehead atoms. The Kier molecular flexibility index (Phi) is 3.79. The Morgan fingerprint density at radius 1 is 1.35 bits per heavy atom. The van der Waals surface area contributed by atoms with Crippen molar-refractivity contribution in [3.63, 3.8) is 0 Å². The number of nitrogens with one attached hydrogen (secondary N) is 1. The van der Waals surface area contributed by atoms with Crippen LogP contribution in [0.4, 0.5) is 0 Å². The average molecular weight is 233 g/mol. The van der Waals surface area contributed by atoms with Crippen LogP contribution in [0.2, 0.25) is 0 Å². The Morgan fingerprint density at radius 3 is 2.71 bits per heavy atom. The van der Waals surface area contributed by atoms with Crippen molar-refractivity contribution in [2.24, 2.45) is 5.92 Å². The van der Waals surface area contributed by atoms with E-state index < -0.39 is 0 Å². The highest BCUT2D eigenvalue weighted by Crippen LogP contribution is 2.31. The molecule has 0 radical (unpaired) electrons. The van der Waals surface area contributed by atoms with Crippen molar-refractivity contribution in [2.45, 2.75) is 19.3 Å². The van der Waals surface area contributed by atoms with E-state index in [1.54, 1.807) is 0 Å². The fraction of sp³-hybridized carbons (Fsp3) is 0.500. The predicted octanol–water partition coefficient (Wildman–Crippen LogP) is 1.86. The molecule has 3 heteroatoms. The number of rotatable bonds is 2. The molecule has 1 aliphatic rings. The Labute approximate surface area is 102 Å². The molecule has 0 unspecified atom stereocenters. The first kappa shape index (κ1) is 12.1. The number of aryl methyl sites for hydroxylation is 1. The summed E-state index contributed by atoms with van der Waals surface area (Å²) in [4.78, 5) is 11.8. The Hall–Kier alpha value is -1.35. The Bertz CT molecular complexity index is 386. The van der Waals surface area contributed by atoms with E-state index in [2.05, 4.69) is 36.5 Å².